The summed E-state index contributed by atoms with van der Waals surface area (Å²) in [6.07, 6.45) is 0. The van der Waals surface area contributed by atoms with E-state index in [1.807, 2.05) is 0 Å². The van der Waals surface area contributed by atoms with Crippen LogP contribution in [0.25, 0.3) is 0 Å². The van der Waals surface area contributed by atoms with Gasteiger partial charge in [-0.15, -0.1) is 0 Å². The highest BCUT2D eigenvalue weighted by Crippen LogP contribution is 2.24. The molecule has 18 heavy (non-hydrogen) atoms. The lowest BCUT2D eigenvalue weighted by atomic mass is 10.3. The molecule has 1 atom stereocenters. The van der Waals surface area contributed by atoms with Crippen molar-refractivity contribution in [1.82, 2.24) is 4.31 Å². The van der Waals surface area contributed by atoms with Crippen LogP contribution < -0.4 is 5.73 Å². The first kappa shape index (κ1) is 13.3. The topological polar surface area (TPSA) is 72.6 Å². The number of benzene rings is 1. The minimum absolute atomic E-state index is 0.196. The van der Waals surface area contributed by atoms with Crippen LogP contribution in [0.15, 0.2) is 23.1 Å². The first-order valence-corrected chi connectivity index (χ1v) is 7.01. The van der Waals surface area contributed by atoms with Crippen molar-refractivity contribution < 1.29 is 17.5 Å². The van der Waals surface area contributed by atoms with Crippen LogP contribution in [0.1, 0.15) is 6.92 Å². The summed E-state index contributed by atoms with van der Waals surface area (Å²) in [6, 6.07) is 3.28. The van der Waals surface area contributed by atoms with Gasteiger partial charge in [-0.25, -0.2) is 12.8 Å². The number of rotatable bonds is 2. The molecule has 2 rings (SSSR count). The summed E-state index contributed by atoms with van der Waals surface area (Å²) in [4.78, 5) is -0.342. The average molecular weight is 274 g/mol. The molecule has 0 bridgehead atoms. The number of nitrogen functional groups attached to an aromatic ring is 1. The Hall–Kier alpha value is -1.18. The van der Waals surface area contributed by atoms with Crippen molar-refractivity contribution in [3.05, 3.63) is 24.0 Å². The SMILES string of the molecule is C[C@@H]1COCCN1S(=O)(=O)c1ccc(N)cc1F. The number of nitrogens with two attached hydrogens (primary N) is 1. The van der Waals surface area contributed by atoms with Gasteiger partial charge in [0.2, 0.25) is 10.0 Å². The smallest absolute Gasteiger partial charge is 0.246 e. The minimum Gasteiger partial charge on any atom is -0.399 e. The Bertz CT molecular complexity index is 547. The van der Waals surface area contributed by atoms with E-state index in [0.29, 0.717) is 13.2 Å². The zero-order valence-corrected chi connectivity index (χ0v) is 10.8. The van der Waals surface area contributed by atoms with E-state index in [1.54, 1.807) is 6.92 Å². The molecule has 1 saturated heterocycles. The molecule has 1 aliphatic heterocycles. The Morgan fingerprint density at radius 1 is 1.50 bits per heavy atom. The summed E-state index contributed by atoms with van der Waals surface area (Å²) in [5.41, 5.74) is 5.60. The van der Waals surface area contributed by atoms with Crippen LogP contribution in [0.2, 0.25) is 0 Å². The van der Waals surface area contributed by atoms with Crippen molar-refractivity contribution in [2.45, 2.75) is 17.9 Å². The molecule has 1 aromatic rings. The quantitative estimate of drug-likeness (QED) is 0.810. The first-order chi connectivity index (χ1) is 8.43. The van der Waals surface area contributed by atoms with E-state index < -0.39 is 15.8 Å². The summed E-state index contributed by atoms with van der Waals surface area (Å²) < 4.78 is 44.8. The summed E-state index contributed by atoms with van der Waals surface area (Å²) in [7, 11) is -3.84. The Morgan fingerprint density at radius 3 is 2.83 bits per heavy atom. The van der Waals surface area contributed by atoms with Crippen molar-refractivity contribution in [2.75, 3.05) is 25.5 Å². The number of morpholine rings is 1. The fourth-order valence-electron chi connectivity index (χ4n) is 1.92. The third-order valence-electron chi connectivity index (χ3n) is 2.85. The van der Waals surface area contributed by atoms with Crippen molar-refractivity contribution >= 4 is 15.7 Å². The van der Waals surface area contributed by atoms with E-state index in [2.05, 4.69) is 0 Å². The number of anilines is 1. The number of nitrogens with zero attached hydrogens (tertiary/aromatic N) is 1. The first-order valence-electron chi connectivity index (χ1n) is 5.57. The van der Waals surface area contributed by atoms with Gasteiger partial charge < -0.3 is 10.5 Å². The van der Waals surface area contributed by atoms with Gasteiger partial charge in [0.25, 0.3) is 0 Å². The molecule has 0 unspecified atom stereocenters. The molecule has 5 nitrogen and oxygen atoms in total. The lowest BCUT2D eigenvalue weighted by Crippen LogP contribution is -2.47. The van der Waals surface area contributed by atoms with Crippen LogP contribution in [0, 0.1) is 5.82 Å². The van der Waals surface area contributed by atoms with E-state index in [1.165, 1.54) is 16.4 Å². The van der Waals surface area contributed by atoms with Crippen molar-refractivity contribution in [1.29, 1.82) is 0 Å². The normalized spacial score (nSPS) is 22.0. The molecular formula is C11H15FN2O3S. The number of hydrogen-bond donors (Lipinski definition) is 1. The van der Waals surface area contributed by atoms with Crippen molar-refractivity contribution in [3.8, 4) is 0 Å². The number of hydrogen-bond acceptors (Lipinski definition) is 4. The van der Waals surface area contributed by atoms with Gasteiger partial charge in [0, 0.05) is 18.3 Å². The molecule has 1 fully saturated rings. The van der Waals surface area contributed by atoms with Gasteiger partial charge in [-0.3, -0.25) is 0 Å². The number of ether oxygens (including phenoxy) is 1. The molecule has 0 aromatic heterocycles. The maximum absolute atomic E-state index is 13.7. The molecule has 0 radical (unpaired) electrons. The van der Waals surface area contributed by atoms with Gasteiger partial charge >= 0.3 is 0 Å². The molecule has 0 spiro atoms. The van der Waals surface area contributed by atoms with Gasteiger partial charge in [0.15, 0.2) is 0 Å². The zero-order chi connectivity index (χ0) is 13.3. The van der Waals surface area contributed by atoms with Gasteiger partial charge in [0.05, 0.1) is 13.2 Å². The van der Waals surface area contributed by atoms with E-state index in [4.69, 9.17) is 10.5 Å². The number of halogens is 1. The summed E-state index contributed by atoms with van der Waals surface area (Å²) in [6.45, 7) is 2.59. The van der Waals surface area contributed by atoms with Crippen LogP contribution in [0.5, 0.6) is 0 Å². The predicted molar refractivity (Wildman–Crippen MR) is 65.0 cm³/mol. The third-order valence-corrected chi connectivity index (χ3v) is 4.90. The predicted octanol–water partition coefficient (Wildman–Crippen LogP) is 0.817. The Morgan fingerprint density at radius 2 is 2.22 bits per heavy atom. The van der Waals surface area contributed by atoms with Crippen molar-refractivity contribution in [3.63, 3.8) is 0 Å². The Labute approximate surface area is 105 Å². The van der Waals surface area contributed by atoms with E-state index in [0.717, 1.165) is 6.07 Å². The molecule has 0 aliphatic carbocycles. The third kappa shape index (κ3) is 2.33. The molecule has 1 heterocycles. The van der Waals surface area contributed by atoms with Gasteiger partial charge in [-0.05, 0) is 25.1 Å². The molecule has 2 N–H and O–H groups in total. The van der Waals surface area contributed by atoms with Gasteiger partial charge in [-0.1, -0.05) is 0 Å². The molecular weight excluding hydrogens is 259 g/mol. The Kier molecular flexibility index (Phi) is 3.56. The van der Waals surface area contributed by atoms with Crippen LogP contribution >= 0.6 is 0 Å². The lowest BCUT2D eigenvalue weighted by Gasteiger charge is -2.32. The van der Waals surface area contributed by atoms with Crippen molar-refractivity contribution in [2.24, 2.45) is 0 Å². The highest BCUT2D eigenvalue weighted by Gasteiger charge is 2.33. The maximum atomic E-state index is 13.7. The van der Waals surface area contributed by atoms with E-state index >= 15 is 0 Å². The van der Waals surface area contributed by atoms with Gasteiger partial charge in [-0.2, -0.15) is 4.31 Å². The van der Waals surface area contributed by atoms with Crippen LogP contribution in [-0.2, 0) is 14.8 Å². The molecule has 0 amide bonds. The zero-order valence-electron chi connectivity index (χ0n) is 9.97. The largest absolute Gasteiger partial charge is 0.399 e. The highest BCUT2D eigenvalue weighted by atomic mass is 32.2. The van der Waals surface area contributed by atoms with Crippen LogP contribution in [-0.4, -0.2) is 38.5 Å². The highest BCUT2D eigenvalue weighted by molar-refractivity contribution is 7.89. The lowest BCUT2D eigenvalue weighted by molar-refractivity contribution is 0.0392. The minimum atomic E-state index is -3.84. The fraction of sp³-hybridized carbons (Fsp3) is 0.455. The summed E-state index contributed by atoms with van der Waals surface area (Å²) in [5.74, 6) is -0.825. The molecule has 7 heteroatoms. The second kappa shape index (κ2) is 4.83. The maximum Gasteiger partial charge on any atom is 0.246 e. The monoisotopic (exact) mass is 274 g/mol. The average Bonchev–Trinajstić information content (AvgIpc) is 2.28. The molecule has 100 valence electrons. The standard InChI is InChI=1S/C11H15FN2O3S/c1-8-7-17-5-4-14(8)18(15,16)11-3-2-9(13)6-10(11)12/h2-3,6,8H,4-5,7,13H2,1H3/t8-/m1/s1. The Balaban J connectivity index is 2.41. The summed E-state index contributed by atoms with van der Waals surface area (Å²) in [5, 5.41) is 0. The fourth-order valence-corrected chi connectivity index (χ4v) is 3.57. The molecule has 1 aliphatic rings. The van der Waals surface area contributed by atoms with Gasteiger partial charge in [0.1, 0.15) is 10.7 Å². The molecule has 0 saturated carbocycles. The second-order valence-corrected chi connectivity index (χ2v) is 6.09. The molecule has 1 aromatic carbocycles. The number of sulfonamides is 1. The second-order valence-electron chi connectivity index (χ2n) is 4.23. The van der Waals surface area contributed by atoms with Crippen LogP contribution in [0.4, 0.5) is 10.1 Å². The summed E-state index contributed by atoms with van der Waals surface area (Å²) >= 11 is 0. The van der Waals surface area contributed by atoms with E-state index in [-0.39, 0.29) is 23.2 Å². The van der Waals surface area contributed by atoms with E-state index in [9.17, 15) is 12.8 Å². The van der Waals surface area contributed by atoms with Crippen LogP contribution in [0.3, 0.4) is 0 Å².